The van der Waals surface area contributed by atoms with Gasteiger partial charge in [0.05, 0.1) is 23.7 Å². The standard InChI is InChI=1S/C24H30N4O4S/c1-5-31-28(22(29)18-12-20-19(10-11-33-20)27-21(25)13-18)15-17-8-6-16(7-9-17)14-26-23(30)32-24(2,3)4/h6-12H,5,13-15H2,1-4H3,(H2,25,27)(H,26,30). The molecule has 0 atom stereocenters. The van der Waals surface area contributed by atoms with Crippen molar-refractivity contribution in [3.63, 3.8) is 0 Å². The van der Waals surface area contributed by atoms with Gasteiger partial charge in [-0.2, -0.15) is 0 Å². The fourth-order valence-corrected chi connectivity index (χ4v) is 3.95. The Kier molecular flexibility index (Phi) is 7.88. The Bertz CT molecular complexity index is 1050. The largest absolute Gasteiger partial charge is 0.444 e. The Hall–Kier alpha value is -3.17. The zero-order chi connectivity index (χ0) is 24.0. The van der Waals surface area contributed by atoms with Gasteiger partial charge in [-0.25, -0.2) is 14.9 Å². The van der Waals surface area contributed by atoms with Crippen LogP contribution in [0.25, 0.3) is 6.08 Å². The molecule has 3 N–H and O–H groups in total. The number of hydroxylamine groups is 2. The van der Waals surface area contributed by atoms with Crippen molar-refractivity contribution >= 4 is 40.9 Å². The lowest BCUT2D eigenvalue weighted by Crippen LogP contribution is -2.33. The van der Waals surface area contributed by atoms with Crippen LogP contribution in [-0.2, 0) is 27.5 Å². The SMILES string of the molecule is CCON(Cc1ccc(CNC(=O)OC(C)(C)C)cc1)C(=O)C1=Cc2sccc2N=C(N)C1. The van der Waals surface area contributed by atoms with E-state index in [2.05, 4.69) is 10.3 Å². The predicted octanol–water partition coefficient (Wildman–Crippen LogP) is 4.53. The highest BCUT2D eigenvalue weighted by Crippen LogP contribution is 2.31. The highest BCUT2D eigenvalue weighted by molar-refractivity contribution is 7.11. The number of nitrogens with one attached hydrogen (secondary N) is 1. The fourth-order valence-electron chi connectivity index (χ4n) is 3.16. The van der Waals surface area contributed by atoms with Gasteiger partial charge in [0.25, 0.3) is 5.91 Å². The van der Waals surface area contributed by atoms with Gasteiger partial charge in [-0.05, 0) is 56.3 Å². The van der Waals surface area contributed by atoms with Crippen molar-refractivity contribution in [1.82, 2.24) is 10.4 Å². The predicted molar refractivity (Wildman–Crippen MR) is 130 cm³/mol. The summed E-state index contributed by atoms with van der Waals surface area (Å²) in [7, 11) is 0. The molecule has 1 aromatic heterocycles. The third-order valence-corrected chi connectivity index (χ3v) is 5.44. The molecule has 0 bridgehead atoms. The molecular formula is C24H30N4O4S. The average molecular weight is 471 g/mol. The van der Waals surface area contributed by atoms with E-state index in [1.165, 1.54) is 16.4 Å². The lowest BCUT2D eigenvalue weighted by atomic mass is 10.1. The van der Waals surface area contributed by atoms with E-state index < -0.39 is 11.7 Å². The molecule has 0 saturated heterocycles. The zero-order valence-electron chi connectivity index (χ0n) is 19.4. The van der Waals surface area contributed by atoms with Crippen molar-refractivity contribution < 1.29 is 19.2 Å². The van der Waals surface area contributed by atoms with Gasteiger partial charge in [0.15, 0.2) is 0 Å². The van der Waals surface area contributed by atoms with E-state index in [1.807, 2.05) is 69.5 Å². The van der Waals surface area contributed by atoms with Crippen LogP contribution in [0.1, 0.15) is 50.1 Å². The van der Waals surface area contributed by atoms with Crippen LogP contribution in [0.2, 0.25) is 0 Å². The number of hydrogen-bond donors (Lipinski definition) is 2. The number of nitrogens with two attached hydrogens (primary N) is 1. The van der Waals surface area contributed by atoms with E-state index in [0.717, 1.165) is 21.7 Å². The van der Waals surface area contributed by atoms with Crippen LogP contribution in [0, 0.1) is 0 Å². The van der Waals surface area contributed by atoms with E-state index >= 15 is 0 Å². The number of amidine groups is 1. The number of carbonyl (C=O) groups excluding carboxylic acids is 2. The maximum atomic E-state index is 13.2. The molecular weight excluding hydrogens is 440 g/mol. The topological polar surface area (TPSA) is 106 Å². The number of nitrogens with zero attached hydrogens (tertiary/aromatic N) is 2. The number of thiophene rings is 1. The molecule has 0 saturated carbocycles. The summed E-state index contributed by atoms with van der Waals surface area (Å²) in [6, 6.07) is 9.49. The van der Waals surface area contributed by atoms with Crippen molar-refractivity contribution in [3.05, 3.63) is 57.3 Å². The molecule has 1 aliphatic rings. The van der Waals surface area contributed by atoms with E-state index in [9.17, 15) is 9.59 Å². The molecule has 0 spiro atoms. The van der Waals surface area contributed by atoms with E-state index in [4.69, 9.17) is 15.3 Å². The Labute approximate surface area is 198 Å². The van der Waals surface area contributed by atoms with E-state index in [-0.39, 0.29) is 18.9 Å². The van der Waals surface area contributed by atoms with Crippen LogP contribution in [0.15, 0.2) is 46.3 Å². The maximum Gasteiger partial charge on any atom is 0.407 e. The smallest absolute Gasteiger partial charge is 0.407 e. The Morgan fingerprint density at radius 1 is 1.18 bits per heavy atom. The molecule has 176 valence electrons. The van der Waals surface area contributed by atoms with Gasteiger partial charge in [0.1, 0.15) is 11.4 Å². The van der Waals surface area contributed by atoms with Gasteiger partial charge < -0.3 is 15.8 Å². The first kappa shape index (κ1) is 24.5. The molecule has 2 amide bonds. The number of hydrogen-bond acceptors (Lipinski definition) is 7. The van der Waals surface area contributed by atoms with Crippen LogP contribution in [0.5, 0.6) is 0 Å². The van der Waals surface area contributed by atoms with Gasteiger partial charge >= 0.3 is 6.09 Å². The highest BCUT2D eigenvalue weighted by atomic mass is 32.1. The second-order valence-electron chi connectivity index (χ2n) is 8.55. The number of ether oxygens (including phenoxy) is 1. The highest BCUT2D eigenvalue weighted by Gasteiger charge is 2.23. The van der Waals surface area contributed by atoms with Gasteiger partial charge in [-0.15, -0.1) is 11.3 Å². The molecule has 33 heavy (non-hydrogen) atoms. The minimum Gasteiger partial charge on any atom is -0.444 e. The zero-order valence-corrected chi connectivity index (χ0v) is 20.2. The second-order valence-corrected chi connectivity index (χ2v) is 9.50. The van der Waals surface area contributed by atoms with E-state index in [1.54, 1.807) is 0 Å². The molecule has 0 fully saturated rings. The number of alkyl carbamates (subject to hydrolysis) is 1. The summed E-state index contributed by atoms with van der Waals surface area (Å²) < 4.78 is 5.25. The number of amides is 2. The Morgan fingerprint density at radius 3 is 2.55 bits per heavy atom. The van der Waals surface area contributed by atoms with Crippen LogP contribution in [0.4, 0.5) is 10.5 Å². The number of aliphatic imine (C=N–C) groups is 1. The average Bonchev–Trinajstić information content (AvgIpc) is 3.10. The summed E-state index contributed by atoms with van der Waals surface area (Å²) in [5.41, 5.74) is 8.60. The molecule has 1 aliphatic heterocycles. The first-order valence-electron chi connectivity index (χ1n) is 10.7. The van der Waals surface area contributed by atoms with Crippen LogP contribution in [0.3, 0.4) is 0 Å². The van der Waals surface area contributed by atoms with Crippen LogP contribution < -0.4 is 11.1 Å². The van der Waals surface area contributed by atoms with E-state index in [0.29, 0.717) is 24.6 Å². The minimum absolute atomic E-state index is 0.244. The summed E-state index contributed by atoms with van der Waals surface area (Å²) in [5.74, 6) is 0.150. The Morgan fingerprint density at radius 2 is 1.88 bits per heavy atom. The molecule has 0 aliphatic carbocycles. The molecule has 1 aromatic carbocycles. The normalized spacial score (nSPS) is 13.3. The third-order valence-electron chi connectivity index (χ3n) is 4.59. The quantitative estimate of drug-likeness (QED) is 0.578. The summed E-state index contributed by atoms with van der Waals surface area (Å²) in [6.45, 7) is 8.26. The van der Waals surface area contributed by atoms with Crippen molar-refractivity contribution in [2.45, 2.75) is 52.8 Å². The first-order valence-corrected chi connectivity index (χ1v) is 11.6. The number of benzene rings is 1. The number of carbonyl (C=O) groups is 2. The molecule has 0 radical (unpaired) electrons. The lowest BCUT2D eigenvalue weighted by molar-refractivity contribution is -0.184. The van der Waals surface area contributed by atoms with Crippen molar-refractivity contribution in [1.29, 1.82) is 0 Å². The van der Waals surface area contributed by atoms with Crippen LogP contribution >= 0.6 is 11.3 Å². The number of rotatable bonds is 7. The molecule has 9 heteroatoms. The lowest BCUT2D eigenvalue weighted by Gasteiger charge is -2.22. The summed E-state index contributed by atoms with van der Waals surface area (Å²) in [6.07, 6.45) is 1.63. The Balaban J connectivity index is 1.66. The van der Waals surface area contributed by atoms with Gasteiger partial charge in [-0.1, -0.05) is 24.3 Å². The summed E-state index contributed by atoms with van der Waals surface area (Å²) in [4.78, 5) is 36.0. The number of fused-ring (bicyclic) bond motifs is 1. The van der Waals surface area contributed by atoms with Gasteiger partial charge in [0.2, 0.25) is 0 Å². The minimum atomic E-state index is -0.544. The summed E-state index contributed by atoms with van der Waals surface area (Å²) >= 11 is 1.51. The van der Waals surface area contributed by atoms with Gasteiger partial charge in [-0.3, -0.25) is 9.63 Å². The molecule has 2 heterocycles. The molecule has 0 unspecified atom stereocenters. The van der Waals surface area contributed by atoms with Crippen molar-refractivity contribution in [2.75, 3.05) is 6.61 Å². The van der Waals surface area contributed by atoms with Crippen molar-refractivity contribution in [3.8, 4) is 0 Å². The first-order chi connectivity index (χ1) is 15.6. The molecule has 2 aromatic rings. The van der Waals surface area contributed by atoms with Gasteiger partial charge in [0, 0.05) is 18.5 Å². The molecule has 3 rings (SSSR count). The third kappa shape index (κ3) is 7.16. The summed E-state index contributed by atoms with van der Waals surface area (Å²) in [5, 5.41) is 6.01. The van der Waals surface area contributed by atoms with Crippen LogP contribution in [-0.4, -0.2) is 35.1 Å². The second kappa shape index (κ2) is 10.6. The molecule has 8 nitrogen and oxygen atoms in total. The monoisotopic (exact) mass is 470 g/mol. The van der Waals surface area contributed by atoms with Crippen molar-refractivity contribution in [2.24, 2.45) is 10.7 Å². The maximum absolute atomic E-state index is 13.2. The fraction of sp³-hybridized carbons (Fsp3) is 0.375.